The average molecular weight is 292 g/mol. The van der Waals surface area contributed by atoms with Crippen molar-refractivity contribution in [3.05, 3.63) is 23.9 Å². The molecule has 6 nitrogen and oxygen atoms in total. The standard InChI is InChI=1S/C15H24N4O2/c1-5-7-16-12-9-11(6-8-17-12)14(21)18-10-13(20)19-15(2,3)4/h6,8-9H,5,7,10H2,1-4H3,(H,16,17)(H,18,21)(H,19,20). The predicted octanol–water partition coefficient (Wildman–Crippen LogP) is 1.55. The Morgan fingerprint density at radius 3 is 2.62 bits per heavy atom. The molecule has 116 valence electrons. The first-order valence-electron chi connectivity index (χ1n) is 7.11. The van der Waals surface area contributed by atoms with Crippen molar-refractivity contribution in [1.29, 1.82) is 0 Å². The molecule has 0 aliphatic carbocycles. The van der Waals surface area contributed by atoms with Crippen LogP contribution in [0.2, 0.25) is 0 Å². The largest absolute Gasteiger partial charge is 0.370 e. The average Bonchev–Trinajstić information content (AvgIpc) is 2.41. The van der Waals surface area contributed by atoms with E-state index in [9.17, 15) is 9.59 Å². The van der Waals surface area contributed by atoms with Crippen molar-refractivity contribution in [2.24, 2.45) is 0 Å². The number of nitrogens with one attached hydrogen (secondary N) is 3. The molecule has 3 N–H and O–H groups in total. The number of carbonyl (C=O) groups excluding carboxylic acids is 2. The van der Waals surface area contributed by atoms with Crippen LogP contribution in [0.1, 0.15) is 44.5 Å². The lowest BCUT2D eigenvalue weighted by Gasteiger charge is -2.20. The monoisotopic (exact) mass is 292 g/mol. The molecule has 0 aliphatic heterocycles. The van der Waals surface area contributed by atoms with E-state index in [2.05, 4.69) is 27.9 Å². The van der Waals surface area contributed by atoms with Gasteiger partial charge in [0.15, 0.2) is 0 Å². The SMILES string of the molecule is CCCNc1cc(C(=O)NCC(=O)NC(C)(C)C)ccn1. The van der Waals surface area contributed by atoms with Gasteiger partial charge in [-0.2, -0.15) is 0 Å². The zero-order valence-corrected chi connectivity index (χ0v) is 13.1. The van der Waals surface area contributed by atoms with E-state index in [0.717, 1.165) is 13.0 Å². The van der Waals surface area contributed by atoms with Crippen molar-refractivity contribution >= 4 is 17.6 Å². The molecule has 1 aromatic heterocycles. The Bertz CT molecular complexity index is 495. The third kappa shape index (κ3) is 6.74. The van der Waals surface area contributed by atoms with Crippen molar-refractivity contribution in [1.82, 2.24) is 15.6 Å². The first kappa shape index (κ1) is 16.9. The van der Waals surface area contributed by atoms with E-state index >= 15 is 0 Å². The molecular weight excluding hydrogens is 268 g/mol. The van der Waals surface area contributed by atoms with Crippen LogP contribution in [0.15, 0.2) is 18.3 Å². The lowest BCUT2D eigenvalue weighted by molar-refractivity contribution is -0.121. The summed E-state index contributed by atoms with van der Waals surface area (Å²) in [7, 11) is 0. The van der Waals surface area contributed by atoms with Gasteiger partial charge in [-0.3, -0.25) is 9.59 Å². The Hall–Kier alpha value is -2.11. The van der Waals surface area contributed by atoms with Gasteiger partial charge in [0.1, 0.15) is 5.82 Å². The number of anilines is 1. The van der Waals surface area contributed by atoms with Gasteiger partial charge in [0.2, 0.25) is 5.91 Å². The summed E-state index contributed by atoms with van der Waals surface area (Å²) in [5.41, 5.74) is 0.169. The number of rotatable bonds is 6. The Morgan fingerprint density at radius 2 is 2.00 bits per heavy atom. The minimum absolute atomic E-state index is 0.0455. The minimum atomic E-state index is -0.310. The molecule has 1 heterocycles. The topological polar surface area (TPSA) is 83.1 Å². The number of aromatic nitrogens is 1. The fraction of sp³-hybridized carbons (Fsp3) is 0.533. The van der Waals surface area contributed by atoms with Gasteiger partial charge in [0.25, 0.3) is 5.91 Å². The zero-order valence-electron chi connectivity index (χ0n) is 13.1. The molecule has 0 atom stereocenters. The van der Waals surface area contributed by atoms with Crippen LogP contribution in [0.25, 0.3) is 0 Å². The van der Waals surface area contributed by atoms with Gasteiger partial charge in [0, 0.05) is 23.8 Å². The fourth-order valence-electron chi connectivity index (χ4n) is 1.65. The minimum Gasteiger partial charge on any atom is -0.370 e. The molecule has 0 bridgehead atoms. The normalized spacial score (nSPS) is 10.9. The second-order valence-corrected chi connectivity index (χ2v) is 5.84. The number of hydrogen-bond acceptors (Lipinski definition) is 4. The van der Waals surface area contributed by atoms with E-state index in [1.165, 1.54) is 0 Å². The number of carbonyl (C=O) groups is 2. The van der Waals surface area contributed by atoms with Crippen LogP contribution in [0.3, 0.4) is 0 Å². The van der Waals surface area contributed by atoms with Crippen LogP contribution < -0.4 is 16.0 Å². The van der Waals surface area contributed by atoms with Gasteiger partial charge >= 0.3 is 0 Å². The van der Waals surface area contributed by atoms with Crippen molar-refractivity contribution in [2.75, 3.05) is 18.4 Å². The molecule has 6 heteroatoms. The predicted molar refractivity (Wildman–Crippen MR) is 83.2 cm³/mol. The number of pyridine rings is 1. The van der Waals surface area contributed by atoms with Crippen LogP contribution in [0.5, 0.6) is 0 Å². The second kappa shape index (κ2) is 7.61. The summed E-state index contributed by atoms with van der Waals surface area (Å²) in [6.45, 7) is 8.48. The summed E-state index contributed by atoms with van der Waals surface area (Å²) >= 11 is 0. The Kier molecular flexibility index (Phi) is 6.14. The smallest absolute Gasteiger partial charge is 0.251 e. The maximum atomic E-state index is 12.0. The Balaban J connectivity index is 2.54. The molecular formula is C15H24N4O2. The van der Waals surface area contributed by atoms with Gasteiger partial charge in [0.05, 0.1) is 6.54 Å². The van der Waals surface area contributed by atoms with Crippen LogP contribution >= 0.6 is 0 Å². The summed E-state index contributed by atoms with van der Waals surface area (Å²) in [6, 6.07) is 3.29. The van der Waals surface area contributed by atoms with E-state index < -0.39 is 0 Å². The molecule has 2 amide bonds. The summed E-state index contributed by atoms with van der Waals surface area (Å²) in [5, 5.41) is 8.50. The van der Waals surface area contributed by atoms with Crippen LogP contribution in [-0.4, -0.2) is 35.4 Å². The summed E-state index contributed by atoms with van der Waals surface area (Å²) < 4.78 is 0. The van der Waals surface area contributed by atoms with Crippen molar-refractivity contribution in [3.8, 4) is 0 Å². The number of nitrogens with zero attached hydrogens (tertiary/aromatic N) is 1. The van der Waals surface area contributed by atoms with Gasteiger partial charge < -0.3 is 16.0 Å². The molecule has 0 fully saturated rings. The highest BCUT2D eigenvalue weighted by Gasteiger charge is 2.14. The first-order valence-corrected chi connectivity index (χ1v) is 7.11. The van der Waals surface area contributed by atoms with Crippen LogP contribution in [-0.2, 0) is 4.79 Å². The van der Waals surface area contributed by atoms with E-state index in [-0.39, 0.29) is 23.9 Å². The van der Waals surface area contributed by atoms with Crippen LogP contribution in [0, 0.1) is 0 Å². The highest BCUT2D eigenvalue weighted by Crippen LogP contribution is 2.06. The quantitative estimate of drug-likeness (QED) is 0.743. The summed E-state index contributed by atoms with van der Waals surface area (Å²) in [6.07, 6.45) is 2.55. The second-order valence-electron chi connectivity index (χ2n) is 5.84. The lowest BCUT2D eigenvalue weighted by atomic mass is 10.1. The third-order valence-corrected chi connectivity index (χ3v) is 2.50. The molecule has 1 aromatic rings. The lowest BCUT2D eigenvalue weighted by Crippen LogP contribution is -2.45. The molecule has 0 saturated carbocycles. The molecule has 1 rings (SSSR count). The van der Waals surface area contributed by atoms with E-state index in [0.29, 0.717) is 11.4 Å². The molecule has 0 saturated heterocycles. The molecule has 0 spiro atoms. The molecule has 0 aliphatic rings. The van der Waals surface area contributed by atoms with Gasteiger partial charge in [-0.15, -0.1) is 0 Å². The maximum Gasteiger partial charge on any atom is 0.251 e. The van der Waals surface area contributed by atoms with Crippen molar-refractivity contribution < 1.29 is 9.59 Å². The fourth-order valence-corrected chi connectivity index (χ4v) is 1.65. The van der Waals surface area contributed by atoms with E-state index in [1.807, 2.05) is 20.8 Å². The first-order chi connectivity index (χ1) is 9.81. The number of amides is 2. The Morgan fingerprint density at radius 1 is 1.29 bits per heavy atom. The zero-order chi connectivity index (χ0) is 15.9. The molecule has 21 heavy (non-hydrogen) atoms. The molecule has 0 aromatic carbocycles. The molecule has 0 radical (unpaired) electrons. The van der Waals surface area contributed by atoms with Gasteiger partial charge in [-0.05, 0) is 39.3 Å². The van der Waals surface area contributed by atoms with Crippen LogP contribution in [0.4, 0.5) is 5.82 Å². The highest BCUT2D eigenvalue weighted by atomic mass is 16.2. The van der Waals surface area contributed by atoms with Gasteiger partial charge in [-0.1, -0.05) is 6.92 Å². The van der Waals surface area contributed by atoms with Crippen molar-refractivity contribution in [3.63, 3.8) is 0 Å². The maximum absolute atomic E-state index is 12.0. The van der Waals surface area contributed by atoms with E-state index in [1.54, 1.807) is 18.3 Å². The number of hydrogen-bond donors (Lipinski definition) is 3. The van der Waals surface area contributed by atoms with Gasteiger partial charge in [-0.25, -0.2) is 4.98 Å². The molecule has 0 unspecified atom stereocenters. The highest BCUT2D eigenvalue weighted by molar-refractivity contribution is 5.97. The van der Waals surface area contributed by atoms with E-state index in [4.69, 9.17) is 0 Å². The third-order valence-electron chi connectivity index (χ3n) is 2.50. The van der Waals surface area contributed by atoms with Crippen molar-refractivity contribution in [2.45, 2.75) is 39.7 Å². The Labute approximate surface area is 125 Å². The summed E-state index contributed by atoms with van der Waals surface area (Å²) in [5.74, 6) is 0.152. The summed E-state index contributed by atoms with van der Waals surface area (Å²) in [4.78, 5) is 27.8.